The number of likely N-dealkylation sites (N-methyl/N-ethyl adjacent to an activating group) is 1. The van der Waals surface area contributed by atoms with E-state index in [0.29, 0.717) is 15.7 Å². The van der Waals surface area contributed by atoms with Gasteiger partial charge >= 0.3 is 10.4 Å². The molecule has 0 spiro atoms. The lowest BCUT2D eigenvalue weighted by molar-refractivity contribution is 0.435. The first-order valence-electron chi connectivity index (χ1n) is 4.30. The molecule has 15 heavy (non-hydrogen) atoms. The van der Waals surface area contributed by atoms with Gasteiger partial charge in [-0.25, -0.2) is 0 Å². The van der Waals surface area contributed by atoms with Gasteiger partial charge in [0.1, 0.15) is 0 Å². The van der Waals surface area contributed by atoms with Crippen molar-refractivity contribution >= 4 is 22.0 Å². The predicted molar refractivity (Wildman–Crippen MR) is 57.8 cm³/mol. The van der Waals surface area contributed by atoms with Crippen molar-refractivity contribution in [3.8, 4) is 0 Å². The third-order valence-corrected chi connectivity index (χ3v) is 3.18. The summed E-state index contributed by atoms with van der Waals surface area (Å²) in [4.78, 5) is 0. The van der Waals surface area contributed by atoms with E-state index in [9.17, 15) is 12.3 Å². The fourth-order valence-electron chi connectivity index (χ4n) is 1.05. The Morgan fingerprint density at radius 1 is 1.33 bits per heavy atom. The lowest BCUT2D eigenvalue weighted by Crippen LogP contribution is -2.25. The Hall–Kier alpha value is -0.650. The first-order chi connectivity index (χ1) is 6.89. The van der Waals surface area contributed by atoms with Crippen LogP contribution in [0, 0.1) is 0 Å². The molecule has 0 N–H and O–H groups in total. The van der Waals surface area contributed by atoms with Crippen LogP contribution in [0.5, 0.6) is 0 Å². The van der Waals surface area contributed by atoms with Gasteiger partial charge in [-0.05, 0) is 24.1 Å². The van der Waals surface area contributed by atoms with E-state index in [1.807, 2.05) is 0 Å². The van der Waals surface area contributed by atoms with Crippen molar-refractivity contribution in [2.45, 2.75) is 6.42 Å². The summed E-state index contributed by atoms with van der Waals surface area (Å²) in [6.45, 7) is 0.112. The van der Waals surface area contributed by atoms with E-state index in [4.69, 9.17) is 11.6 Å². The van der Waals surface area contributed by atoms with Crippen molar-refractivity contribution in [2.24, 2.45) is 0 Å². The second-order valence-electron chi connectivity index (χ2n) is 3.14. The van der Waals surface area contributed by atoms with Crippen molar-refractivity contribution in [3.63, 3.8) is 0 Å². The maximum atomic E-state index is 12.4. The quantitative estimate of drug-likeness (QED) is 0.768. The smallest absolute Gasteiger partial charge is 0.178 e. The second-order valence-corrected chi connectivity index (χ2v) is 5.02. The van der Waals surface area contributed by atoms with Crippen LogP contribution in [0.3, 0.4) is 0 Å². The monoisotopic (exact) mass is 251 g/mol. The summed E-state index contributed by atoms with van der Waals surface area (Å²) in [6.07, 6.45) is 0.455. The molecule has 0 saturated heterocycles. The zero-order valence-corrected chi connectivity index (χ0v) is 9.72. The number of hydrogen-bond acceptors (Lipinski definition) is 2. The zero-order valence-electron chi connectivity index (χ0n) is 8.15. The lowest BCUT2D eigenvalue weighted by atomic mass is 10.1. The Bertz CT molecular complexity index is 418. The van der Waals surface area contributed by atoms with Gasteiger partial charge in [-0.15, -0.1) is 0 Å². The van der Waals surface area contributed by atoms with Gasteiger partial charge in [-0.1, -0.05) is 27.6 Å². The average Bonchev–Trinajstić information content (AvgIpc) is 2.15. The normalized spacial score (nSPS) is 12.0. The second kappa shape index (κ2) is 4.92. The summed E-state index contributed by atoms with van der Waals surface area (Å²) < 4.78 is 34.0. The van der Waals surface area contributed by atoms with Gasteiger partial charge in [-0.3, -0.25) is 0 Å². The van der Waals surface area contributed by atoms with Crippen molar-refractivity contribution in [1.29, 1.82) is 0 Å². The molecule has 1 rings (SSSR count). The highest BCUT2D eigenvalue weighted by molar-refractivity contribution is 7.83. The molecule has 0 aliphatic heterocycles. The molecule has 0 aliphatic carbocycles. The summed E-state index contributed by atoms with van der Waals surface area (Å²) >= 11 is 5.68. The van der Waals surface area contributed by atoms with E-state index in [1.54, 1.807) is 24.3 Å². The predicted octanol–water partition coefficient (Wildman–Crippen LogP) is 2.03. The largest absolute Gasteiger partial charge is 0.374 e. The molecular formula is C9H11ClFNO2S. The van der Waals surface area contributed by atoms with E-state index in [0.717, 1.165) is 5.56 Å². The highest BCUT2D eigenvalue weighted by Gasteiger charge is 2.14. The lowest BCUT2D eigenvalue weighted by Gasteiger charge is -2.10. The molecule has 1 aromatic rings. The number of hydrogen-bond donors (Lipinski definition) is 0. The van der Waals surface area contributed by atoms with Gasteiger partial charge in [0.05, 0.1) is 0 Å². The van der Waals surface area contributed by atoms with E-state index in [1.165, 1.54) is 7.05 Å². The van der Waals surface area contributed by atoms with Gasteiger partial charge in [0.2, 0.25) is 0 Å². The topological polar surface area (TPSA) is 37.4 Å². The first-order valence-corrected chi connectivity index (χ1v) is 6.02. The van der Waals surface area contributed by atoms with Crippen molar-refractivity contribution < 1.29 is 12.3 Å². The van der Waals surface area contributed by atoms with E-state index in [-0.39, 0.29) is 6.54 Å². The molecule has 0 aromatic heterocycles. The minimum absolute atomic E-state index is 0.112. The molecule has 0 heterocycles. The van der Waals surface area contributed by atoms with Crippen molar-refractivity contribution in [1.82, 2.24) is 4.31 Å². The molecule has 0 saturated carbocycles. The summed E-state index contributed by atoms with van der Waals surface area (Å²) in [5.41, 5.74) is 0.912. The van der Waals surface area contributed by atoms with Crippen molar-refractivity contribution in [2.75, 3.05) is 13.6 Å². The van der Waals surface area contributed by atoms with Crippen LogP contribution in [-0.4, -0.2) is 26.3 Å². The fraction of sp³-hybridized carbons (Fsp3) is 0.333. The van der Waals surface area contributed by atoms with E-state index in [2.05, 4.69) is 0 Å². The van der Waals surface area contributed by atoms with Crippen LogP contribution in [-0.2, 0) is 16.8 Å². The molecule has 0 bridgehead atoms. The summed E-state index contributed by atoms with van der Waals surface area (Å²) in [5, 5.41) is 0.616. The molecule has 0 aliphatic rings. The van der Waals surface area contributed by atoms with Crippen LogP contribution in [0.2, 0.25) is 5.02 Å². The van der Waals surface area contributed by atoms with Gasteiger partial charge in [0.25, 0.3) is 0 Å². The van der Waals surface area contributed by atoms with Crippen molar-refractivity contribution in [3.05, 3.63) is 34.9 Å². The molecule has 3 nitrogen and oxygen atoms in total. The highest BCUT2D eigenvalue weighted by atomic mass is 35.5. The Kier molecular flexibility index (Phi) is 4.07. The van der Waals surface area contributed by atoms with Crippen LogP contribution in [0.1, 0.15) is 5.56 Å². The number of halogens is 2. The maximum Gasteiger partial charge on any atom is 0.374 e. The highest BCUT2D eigenvalue weighted by Crippen LogP contribution is 2.10. The Morgan fingerprint density at radius 2 is 1.87 bits per heavy atom. The SMILES string of the molecule is CN(CCc1ccc(Cl)cc1)S(=O)(=O)F. The minimum Gasteiger partial charge on any atom is -0.178 e. The standard InChI is InChI=1S/C9H11ClFNO2S/c1-12(15(11,13)14)7-6-8-2-4-9(10)5-3-8/h2-5H,6-7H2,1H3. The van der Waals surface area contributed by atoms with Gasteiger partial charge in [0.15, 0.2) is 0 Å². The molecule has 0 amide bonds. The number of rotatable bonds is 4. The minimum atomic E-state index is -4.57. The maximum absolute atomic E-state index is 12.4. The number of nitrogens with zero attached hydrogens (tertiary/aromatic N) is 1. The Morgan fingerprint density at radius 3 is 2.33 bits per heavy atom. The molecule has 84 valence electrons. The molecule has 0 atom stereocenters. The van der Waals surface area contributed by atoms with E-state index >= 15 is 0 Å². The summed E-state index contributed by atoms with van der Waals surface area (Å²) in [7, 11) is -3.37. The van der Waals surface area contributed by atoms with Crippen LogP contribution in [0.4, 0.5) is 3.89 Å². The Balaban J connectivity index is 2.55. The zero-order chi connectivity index (χ0) is 11.5. The average molecular weight is 252 g/mol. The van der Waals surface area contributed by atoms with Crippen LogP contribution < -0.4 is 0 Å². The van der Waals surface area contributed by atoms with Gasteiger partial charge in [-0.2, -0.15) is 12.7 Å². The fourth-order valence-corrected chi connectivity index (χ4v) is 1.48. The third-order valence-electron chi connectivity index (χ3n) is 2.00. The summed E-state index contributed by atoms with van der Waals surface area (Å²) in [5.74, 6) is 0. The first kappa shape index (κ1) is 12.4. The molecule has 6 heteroatoms. The third kappa shape index (κ3) is 4.15. The number of benzene rings is 1. The van der Waals surface area contributed by atoms with Crippen LogP contribution >= 0.6 is 11.6 Å². The Labute approximate surface area is 93.8 Å². The molecular weight excluding hydrogens is 241 g/mol. The molecule has 0 radical (unpaired) electrons. The summed E-state index contributed by atoms with van der Waals surface area (Å²) in [6, 6.07) is 6.98. The van der Waals surface area contributed by atoms with Gasteiger partial charge in [0, 0.05) is 18.6 Å². The van der Waals surface area contributed by atoms with Crippen LogP contribution in [0.15, 0.2) is 24.3 Å². The van der Waals surface area contributed by atoms with E-state index < -0.39 is 10.4 Å². The van der Waals surface area contributed by atoms with Gasteiger partial charge < -0.3 is 0 Å². The molecule has 0 fully saturated rings. The van der Waals surface area contributed by atoms with Crippen LogP contribution in [0.25, 0.3) is 0 Å². The molecule has 0 unspecified atom stereocenters. The molecule has 1 aromatic carbocycles.